The molecular weight excluding hydrogens is 366 g/mol. The van der Waals surface area contributed by atoms with E-state index >= 15 is 0 Å². The van der Waals surface area contributed by atoms with Crippen LogP contribution in [0.15, 0.2) is 42.5 Å². The number of amides is 2. The minimum atomic E-state index is -0.521. The highest BCUT2D eigenvalue weighted by molar-refractivity contribution is 5.87. The van der Waals surface area contributed by atoms with Crippen molar-refractivity contribution in [2.45, 2.75) is 51.2 Å². The van der Waals surface area contributed by atoms with E-state index in [2.05, 4.69) is 17.4 Å². The first kappa shape index (κ1) is 22.9. The molecule has 2 atom stereocenters. The fraction of sp³-hybridized carbons (Fsp3) is 0.565. The summed E-state index contributed by atoms with van der Waals surface area (Å²) in [6.07, 6.45) is 4.62. The van der Waals surface area contributed by atoms with Crippen LogP contribution < -0.4 is 5.32 Å². The Kier molecular flexibility index (Phi) is 8.26. The molecule has 6 heteroatoms. The lowest BCUT2D eigenvalue weighted by Gasteiger charge is -2.26. The fourth-order valence-electron chi connectivity index (χ4n) is 3.49. The van der Waals surface area contributed by atoms with Gasteiger partial charge in [-0.1, -0.05) is 36.4 Å². The van der Waals surface area contributed by atoms with E-state index in [1.807, 2.05) is 64.0 Å². The smallest absolute Gasteiger partial charge is 0.410 e. The molecular formula is C23H35N3O3. The van der Waals surface area contributed by atoms with Crippen LogP contribution in [0, 0.1) is 0 Å². The molecule has 1 aliphatic rings. The summed E-state index contributed by atoms with van der Waals surface area (Å²) in [5.74, 6) is 0.0540. The van der Waals surface area contributed by atoms with Crippen molar-refractivity contribution in [1.82, 2.24) is 15.1 Å². The van der Waals surface area contributed by atoms with Gasteiger partial charge in [0.15, 0.2) is 0 Å². The Labute approximate surface area is 174 Å². The van der Waals surface area contributed by atoms with Crippen LogP contribution in [0.3, 0.4) is 0 Å². The van der Waals surface area contributed by atoms with E-state index in [0.29, 0.717) is 26.1 Å². The molecule has 6 nitrogen and oxygen atoms in total. The van der Waals surface area contributed by atoms with Gasteiger partial charge in [-0.05, 0) is 53.3 Å². The average molecular weight is 402 g/mol. The summed E-state index contributed by atoms with van der Waals surface area (Å²) in [7, 11) is 3.93. The van der Waals surface area contributed by atoms with E-state index in [1.165, 1.54) is 5.56 Å². The predicted molar refractivity (Wildman–Crippen MR) is 116 cm³/mol. The van der Waals surface area contributed by atoms with E-state index in [0.717, 1.165) is 6.42 Å². The van der Waals surface area contributed by atoms with E-state index in [1.54, 1.807) is 11.0 Å². The number of carbonyl (C=O) groups excluding carboxylic acids is 2. The number of hydrogen-bond donors (Lipinski definition) is 1. The Balaban J connectivity index is 2.12. The van der Waals surface area contributed by atoms with Gasteiger partial charge in [0.1, 0.15) is 5.60 Å². The van der Waals surface area contributed by atoms with Crippen LogP contribution in [0.4, 0.5) is 4.79 Å². The molecule has 1 fully saturated rings. The summed E-state index contributed by atoms with van der Waals surface area (Å²) in [6, 6.07) is 10.2. The second kappa shape index (κ2) is 10.4. The van der Waals surface area contributed by atoms with Gasteiger partial charge in [0.25, 0.3) is 0 Å². The Morgan fingerprint density at radius 3 is 2.45 bits per heavy atom. The third-order valence-electron chi connectivity index (χ3n) is 4.85. The number of ether oxygens (including phenoxy) is 1. The van der Waals surface area contributed by atoms with E-state index in [-0.39, 0.29) is 24.0 Å². The van der Waals surface area contributed by atoms with Crippen LogP contribution in [0.25, 0.3) is 0 Å². The first-order chi connectivity index (χ1) is 13.7. The quantitative estimate of drug-likeness (QED) is 0.768. The molecule has 29 heavy (non-hydrogen) atoms. The summed E-state index contributed by atoms with van der Waals surface area (Å²) in [5.41, 5.74) is 0.661. The van der Waals surface area contributed by atoms with Gasteiger partial charge in [0.2, 0.25) is 5.91 Å². The van der Waals surface area contributed by atoms with Crippen molar-refractivity contribution in [2.75, 3.05) is 33.7 Å². The molecule has 0 saturated carbocycles. The van der Waals surface area contributed by atoms with Crippen molar-refractivity contribution in [3.8, 4) is 0 Å². The van der Waals surface area contributed by atoms with Crippen LogP contribution in [-0.4, -0.2) is 67.2 Å². The van der Waals surface area contributed by atoms with Gasteiger partial charge in [0.05, 0.1) is 0 Å². The SMILES string of the molecule is CN(C)C/C=C/C(=O)NC1CCN(C(=O)OC(C)(C)C)CCC1c1ccccc1. The summed E-state index contributed by atoms with van der Waals surface area (Å²) in [5, 5.41) is 3.17. The molecule has 0 spiro atoms. The molecule has 2 unspecified atom stereocenters. The minimum Gasteiger partial charge on any atom is -0.444 e. The molecule has 0 aliphatic carbocycles. The Morgan fingerprint density at radius 2 is 1.83 bits per heavy atom. The van der Waals surface area contributed by atoms with Gasteiger partial charge in [-0.3, -0.25) is 4.79 Å². The van der Waals surface area contributed by atoms with Gasteiger partial charge in [-0.2, -0.15) is 0 Å². The van der Waals surface area contributed by atoms with Gasteiger partial charge in [-0.25, -0.2) is 4.79 Å². The van der Waals surface area contributed by atoms with Crippen LogP contribution in [0.1, 0.15) is 45.1 Å². The predicted octanol–water partition coefficient (Wildman–Crippen LogP) is 3.40. The molecule has 2 amide bonds. The molecule has 1 heterocycles. The Hall–Kier alpha value is -2.34. The van der Waals surface area contributed by atoms with E-state index in [9.17, 15) is 9.59 Å². The molecule has 0 radical (unpaired) electrons. The molecule has 0 bridgehead atoms. The van der Waals surface area contributed by atoms with Gasteiger partial charge in [0, 0.05) is 37.7 Å². The highest BCUT2D eigenvalue weighted by Gasteiger charge is 2.31. The van der Waals surface area contributed by atoms with Gasteiger partial charge in [-0.15, -0.1) is 0 Å². The van der Waals surface area contributed by atoms with Crippen molar-refractivity contribution in [3.05, 3.63) is 48.0 Å². The normalized spacial score (nSPS) is 20.6. The highest BCUT2D eigenvalue weighted by atomic mass is 16.6. The first-order valence-corrected chi connectivity index (χ1v) is 10.3. The number of likely N-dealkylation sites (N-methyl/N-ethyl adjacent to an activating group) is 1. The van der Waals surface area contributed by atoms with Crippen LogP contribution in [-0.2, 0) is 9.53 Å². The lowest BCUT2D eigenvalue weighted by Crippen LogP contribution is -2.40. The molecule has 0 aromatic heterocycles. The zero-order chi connectivity index (χ0) is 21.4. The number of carbonyl (C=O) groups is 2. The van der Waals surface area contributed by atoms with Gasteiger partial charge < -0.3 is 19.9 Å². The molecule has 1 aromatic rings. The summed E-state index contributed by atoms with van der Waals surface area (Å²) in [6.45, 7) is 7.50. The largest absolute Gasteiger partial charge is 0.444 e. The number of hydrogen-bond acceptors (Lipinski definition) is 4. The number of rotatable bonds is 5. The van der Waals surface area contributed by atoms with Crippen molar-refractivity contribution in [2.24, 2.45) is 0 Å². The molecule has 160 valence electrons. The lowest BCUT2D eigenvalue weighted by atomic mass is 9.87. The van der Waals surface area contributed by atoms with Crippen molar-refractivity contribution in [1.29, 1.82) is 0 Å². The van der Waals surface area contributed by atoms with Crippen molar-refractivity contribution < 1.29 is 14.3 Å². The number of nitrogens with zero attached hydrogens (tertiary/aromatic N) is 2. The average Bonchev–Trinajstić information content (AvgIpc) is 2.83. The maximum Gasteiger partial charge on any atom is 0.410 e. The molecule has 1 N–H and O–H groups in total. The maximum absolute atomic E-state index is 12.5. The van der Waals surface area contributed by atoms with Crippen LogP contribution in [0.5, 0.6) is 0 Å². The van der Waals surface area contributed by atoms with Crippen molar-refractivity contribution in [3.63, 3.8) is 0 Å². The summed E-state index contributed by atoms with van der Waals surface area (Å²) >= 11 is 0. The molecule has 2 rings (SSSR count). The number of nitrogens with one attached hydrogen (secondary N) is 1. The van der Waals surface area contributed by atoms with Crippen LogP contribution >= 0.6 is 0 Å². The summed E-state index contributed by atoms with van der Waals surface area (Å²) < 4.78 is 5.55. The van der Waals surface area contributed by atoms with Crippen molar-refractivity contribution >= 4 is 12.0 Å². The monoisotopic (exact) mass is 401 g/mol. The van der Waals surface area contributed by atoms with Gasteiger partial charge >= 0.3 is 6.09 Å². The number of benzene rings is 1. The molecule has 1 aromatic carbocycles. The maximum atomic E-state index is 12.5. The topological polar surface area (TPSA) is 61.9 Å². The zero-order valence-electron chi connectivity index (χ0n) is 18.4. The fourth-order valence-corrected chi connectivity index (χ4v) is 3.49. The highest BCUT2D eigenvalue weighted by Crippen LogP contribution is 2.29. The lowest BCUT2D eigenvalue weighted by molar-refractivity contribution is -0.117. The third-order valence-corrected chi connectivity index (χ3v) is 4.85. The van der Waals surface area contributed by atoms with Crippen LogP contribution in [0.2, 0.25) is 0 Å². The zero-order valence-corrected chi connectivity index (χ0v) is 18.4. The third kappa shape index (κ3) is 7.89. The molecule has 1 saturated heterocycles. The second-order valence-electron chi connectivity index (χ2n) is 8.84. The molecule has 1 aliphatic heterocycles. The summed E-state index contributed by atoms with van der Waals surface area (Å²) in [4.78, 5) is 28.8. The minimum absolute atomic E-state index is 0.0404. The Morgan fingerprint density at radius 1 is 1.17 bits per heavy atom. The van der Waals surface area contributed by atoms with E-state index in [4.69, 9.17) is 4.74 Å². The standard InChI is InChI=1S/C23H35N3O3/c1-23(2,3)29-22(28)26-16-13-19(18-10-7-6-8-11-18)20(14-17-26)24-21(27)12-9-15-25(4)5/h6-12,19-20H,13-17H2,1-5H3,(H,24,27)/b12-9+. The Bertz CT molecular complexity index is 695. The second-order valence-corrected chi connectivity index (χ2v) is 8.84. The first-order valence-electron chi connectivity index (χ1n) is 10.3. The number of likely N-dealkylation sites (tertiary alicyclic amines) is 1. The van der Waals surface area contributed by atoms with E-state index < -0.39 is 5.60 Å².